The van der Waals surface area contributed by atoms with Crippen LogP contribution in [0.4, 0.5) is 0 Å². The first-order valence-corrected chi connectivity index (χ1v) is 11.1. The van der Waals surface area contributed by atoms with Crippen LogP contribution < -0.4 is 10.0 Å². The maximum Gasteiger partial charge on any atom is 0.258 e. The molecule has 0 aromatic heterocycles. The van der Waals surface area contributed by atoms with E-state index in [-0.39, 0.29) is 22.1 Å². The molecule has 0 aliphatic carbocycles. The lowest BCUT2D eigenvalue weighted by atomic mass is 10.0. The minimum atomic E-state index is -3.76. The van der Waals surface area contributed by atoms with E-state index in [4.69, 9.17) is 0 Å². The number of likely N-dealkylation sites (tertiary alicyclic amines) is 1. The summed E-state index contributed by atoms with van der Waals surface area (Å²) in [6.45, 7) is 4.54. The predicted molar refractivity (Wildman–Crippen MR) is 108 cm³/mol. The molecule has 152 valence electrons. The number of imide groups is 1. The van der Waals surface area contributed by atoms with Crippen LogP contribution in [0.2, 0.25) is 0 Å². The molecule has 0 spiro atoms. The Kier molecular flexibility index (Phi) is 5.24. The summed E-state index contributed by atoms with van der Waals surface area (Å²) < 4.78 is 28.3. The zero-order chi connectivity index (χ0) is 20.6. The average Bonchev–Trinajstić information content (AvgIpc) is 2.97. The molecule has 2 aliphatic rings. The molecule has 0 atom stereocenters. The molecule has 0 bridgehead atoms. The lowest BCUT2D eigenvalue weighted by Gasteiger charge is -2.32. The van der Waals surface area contributed by atoms with Crippen LogP contribution in [-0.4, -0.2) is 44.3 Å². The van der Waals surface area contributed by atoms with Gasteiger partial charge in [-0.3, -0.25) is 19.8 Å². The van der Waals surface area contributed by atoms with E-state index in [0.717, 1.165) is 32.5 Å². The quantitative estimate of drug-likeness (QED) is 0.729. The van der Waals surface area contributed by atoms with E-state index in [1.54, 1.807) is 0 Å². The minimum Gasteiger partial charge on any atom is -0.299 e. The van der Waals surface area contributed by atoms with Crippen molar-refractivity contribution in [1.82, 2.24) is 14.9 Å². The van der Waals surface area contributed by atoms with Crippen LogP contribution in [0.25, 0.3) is 0 Å². The second kappa shape index (κ2) is 7.70. The van der Waals surface area contributed by atoms with Crippen molar-refractivity contribution in [3.8, 4) is 0 Å². The summed E-state index contributed by atoms with van der Waals surface area (Å²) in [5.41, 5.74) is 2.80. The van der Waals surface area contributed by atoms with Gasteiger partial charge in [-0.25, -0.2) is 13.1 Å². The lowest BCUT2D eigenvalue weighted by molar-refractivity contribution is 0.0879. The molecule has 8 heteroatoms. The van der Waals surface area contributed by atoms with Gasteiger partial charge in [-0.05, 0) is 43.5 Å². The van der Waals surface area contributed by atoms with Crippen LogP contribution >= 0.6 is 0 Å². The first-order valence-electron chi connectivity index (χ1n) is 9.62. The zero-order valence-electron chi connectivity index (χ0n) is 16.1. The molecular weight excluding hydrogens is 390 g/mol. The topological polar surface area (TPSA) is 95.6 Å². The van der Waals surface area contributed by atoms with Gasteiger partial charge in [-0.1, -0.05) is 29.8 Å². The van der Waals surface area contributed by atoms with Crippen LogP contribution in [0.1, 0.15) is 44.7 Å². The zero-order valence-corrected chi connectivity index (χ0v) is 17.0. The fourth-order valence-electron chi connectivity index (χ4n) is 3.88. The van der Waals surface area contributed by atoms with Gasteiger partial charge in [0.15, 0.2) is 0 Å². The highest BCUT2D eigenvalue weighted by atomic mass is 32.2. The van der Waals surface area contributed by atoms with Gasteiger partial charge < -0.3 is 0 Å². The van der Waals surface area contributed by atoms with Crippen molar-refractivity contribution >= 4 is 21.8 Å². The molecule has 29 heavy (non-hydrogen) atoms. The fraction of sp³-hybridized carbons (Fsp3) is 0.333. The van der Waals surface area contributed by atoms with Crippen molar-refractivity contribution in [3.05, 3.63) is 64.7 Å². The maximum absolute atomic E-state index is 12.8. The number of benzene rings is 2. The Morgan fingerprint density at radius 3 is 2.48 bits per heavy atom. The van der Waals surface area contributed by atoms with Crippen molar-refractivity contribution in [2.45, 2.75) is 37.2 Å². The monoisotopic (exact) mass is 413 g/mol. The molecule has 2 aliphatic heterocycles. The highest BCUT2D eigenvalue weighted by Crippen LogP contribution is 2.22. The van der Waals surface area contributed by atoms with Gasteiger partial charge in [-0.2, -0.15) is 0 Å². The largest absolute Gasteiger partial charge is 0.299 e. The first kappa shape index (κ1) is 19.8. The number of fused-ring (bicyclic) bond motifs is 1. The average molecular weight is 413 g/mol. The number of hydrogen-bond donors (Lipinski definition) is 2. The Morgan fingerprint density at radius 1 is 1.03 bits per heavy atom. The second-order valence-corrected chi connectivity index (χ2v) is 9.37. The molecular formula is C21H23N3O4S. The van der Waals surface area contributed by atoms with Gasteiger partial charge in [0.2, 0.25) is 10.0 Å². The number of hydrogen-bond acceptors (Lipinski definition) is 5. The summed E-state index contributed by atoms with van der Waals surface area (Å²) in [7, 11) is -3.76. The standard InChI is InChI=1S/C21H23N3O4S/c1-14-3-2-4-15(11-14)13-24-9-7-16(8-10-24)23-29(27,28)17-5-6-18-19(12-17)21(26)22-20(18)25/h2-6,11-12,16,23H,7-10,13H2,1H3,(H,22,25,26). The molecule has 2 heterocycles. The Balaban J connectivity index is 1.38. The van der Waals surface area contributed by atoms with Crippen LogP contribution in [0.3, 0.4) is 0 Å². The Bertz CT molecular complexity index is 1070. The summed E-state index contributed by atoms with van der Waals surface area (Å²) in [4.78, 5) is 25.8. The maximum atomic E-state index is 12.8. The number of rotatable bonds is 5. The summed E-state index contributed by atoms with van der Waals surface area (Å²) >= 11 is 0. The molecule has 7 nitrogen and oxygen atoms in total. The Labute approximate surface area is 170 Å². The molecule has 2 aromatic rings. The number of nitrogens with zero attached hydrogens (tertiary/aromatic N) is 1. The van der Waals surface area contributed by atoms with Crippen molar-refractivity contribution in [1.29, 1.82) is 0 Å². The van der Waals surface area contributed by atoms with E-state index < -0.39 is 21.8 Å². The second-order valence-electron chi connectivity index (χ2n) is 7.65. The number of carbonyl (C=O) groups excluding carboxylic acids is 2. The summed E-state index contributed by atoms with van der Waals surface area (Å²) in [6, 6.07) is 12.3. The van der Waals surface area contributed by atoms with E-state index in [0.29, 0.717) is 0 Å². The van der Waals surface area contributed by atoms with Gasteiger partial charge in [0.1, 0.15) is 0 Å². The normalized spacial score (nSPS) is 18.0. The molecule has 4 rings (SSSR count). The van der Waals surface area contributed by atoms with E-state index in [1.807, 2.05) is 0 Å². The number of piperidine rings is 1. The SMILES string of the molecule is Cc1cccc(CN2CCC(NS(=O)(=O)c3ccc4c(c3)C(=O)NC4=O)CC2)c1. The van der Waals surface area contributed by atoms with Crippen molar-refractivity contribution in [2.75, 3.05) is 13.1 Å². The Morgan fingerprint density at radius 2 is 1.76 bits per heavy atom. The van der Waals surface area contributed by atoms with Crippen LogP contribution in [0, 0.1) is 6.92 Å². The molecule has 2 N–H and O–H groups in total. The number of carbonyl (C=O) groups is 2. The molecule has 2 aromatic carbocycles. The van der Waals surface area contributed by atoms with Gasteiger partial charge >= 0.3 is 0 Å². The van der Waals surface area contributed by atoms with Crippen LogP contribution in [0.15, 0.2) is 47.4 Å². The number of aryl methyl sites for hydroxylation is 1. The third-order valence-electron chi connectivity index (χ3n) is 5.42. The Hall–Kier alpha value is -2.55. The number of amides is 2. The number of nitrogens with one attached hydrogen (secondary N) is 2. The predicted octanol–water partition coefficient (Wildman–Crippen LogP) is 1.82. The molecule has 1 fully saturated rings. The summed E-state index contributed by atoms with van der Waals surface area (Å²) in [5.74, 6) is -1.06. The van der Waals surface area contributed by atoms with Gasteiger partial charge in [0.25, 0.3) is 11.8 Å². The highest BCUT2D eigenvalue weighted by Gasteiger charge is 2.30. The minimum absolute atomic E-state index is 0.00305. The van der Waals surface area contributed by atoms with Crippen molar-refractivity contribution < 1.29 is 18.0 Å². The summed E-state index contributed by atoms with van der Waals surface area (Å²) in [5, 5.41) is 2.17. The molecule has 1 saturated heterocycles. The molecule has 2 amide bonds. The van der Waals surface area contributed by atoms with E-state index in [2.05, 4.69) is 46.1 Å². The summed E-state index contributed by atoms with van der Waals surface area (Å²) in [6.07, 6.45) is 1.43. The van der Waals surface area contributed by atoms with Crippen molar-refractivity contribution in [3.63, 3.8) is 0 Å². The molecule has 0 radical (unpaired) electrons. The van der Waals surface area contributed by atoms with Gasteiger partial charge in [0, 0.05) is 25.7 Å². The smallest absolute Gasteiger partial charge is 0.258 e. The van der Waals surface area contributed by atoms with Crippen LogP contribution in [0.5, 0.6) is 0 Å². The highest BCUT2D eigenvalue weighted by molar-refractivity contribution is 7.89. The van der Waals surface area contributed by atoms with Crippen LogP contribution in [-0.2, 0) is 16.6 Å². The fourth-order valence-corrected chi connectivity index (χ4v) is 5.21. The lowest BCUT2D eigenvalue weighted by Crippen LogP contribution is -2.44. The van der Waals surface area contributed by atoms with E-state index >= 15 is 0 Å². The molecule has 0 saturated carbocycles. The van der Waals surface area contributed by atoms with E-state index in [9.17, 15) is 18.0 Å². The van der Waals surface area contributed by atoms with E-state index in [1.165, 1.54) is 29.3 Å². The third-order valence-corrected chi connectivity index (χ3v) is 6.93. The van der Waals surface area contributed by atoms with Crippen molar-refractivity contribution in [2.24, 2.45) is 0 Å². The molecule has 0 unspecified atom stereocenters. The van der Waals surface area contributed by atoms with Gasteiger partial charge in [-0.15, -0.1) is 0 Å². The first-order chi connectivity index (χ1) is 13.8. The number of sulfonamides is 1. The third kappa shape index (κ3) is 4.24. The van der Waals surface area contributed by atoms with Gasteiger partial charge in [0.05, 0.1) is 16.0 Å².